The van der Waals surface area contributed by atoms with Gasteiger partial charge in [-0.15, -0.1) is 0 Å². The minimum atomic E-state index is -4.58. The highest BCUT2D eigenvalue weighted by molar-refractivity contribution is 6.51. The van der Waals surface area contributed by atoms with Gasteiger partial charge in [-0.05, 0) is 67.1 Å². The van der Waals surface area contributed by atoms with Crippen molar-refractivity contribution >= 4 is 34.7 Å². The lowest BCUT2D eigenvalue weighted by molar-refractivity contribution is -0.137. The Morgan fingerprint density at radius 3 is 2.38 bits per heavy atom. The normalized spacial score (nSPS) is 17.2. The second-order valence-corrected chi connectivity index (χ2v) is 8.48. The Labute approximate surface area is 215 Å². The summed E-state index contributed by atoms with van der Waals surface area (Å²) in [7, 11) is 1.44. The number of rotatable bonds is 6. The number of halogens is 4. The fourth-order valence-electron chi connectivity index (χ4n) is 4.11. The Morgan fingerprint density at radius 1 is 1.05 bits per heavy atom. The monoisotopic (exact) mass is 531 g/mol. The highest BCUT2D eigenvalue weighted by Gasteiger charge is 2.47. The predicted octanol–water partition coefficient (Wildman–Crippen LogP) is 6.39. The number of hydrogen-bond acceptors (Lipinski definition) is 5. The van der Waals surface area contributed by atoms with E-state index in [4.69, 9.17) is 21.1 Å². The number of amides is 1. The van der Waals surface area contributed by atoms with Gasteiger partial charge in [0.25, 0.3) is 11.7 Å². The molecule has 1 aliphatic rings. The molecule has 1 atom stereocenters. The fourth-order valence-corrected chi connectivity index (χ4v) is 4.28. The first kappa shape index (κ1) is 26.1. The van der Waals surface area contributed by atoms with Gasteiger partial charge in [-0.25, -0.2) is 0 Å². The van der Waals surface area contributed by atoms with Crippen LogP contribution < -0.4 is 14.4 Å². The summed E-state index contributed by atoms with van der Waals surface area (Å²) in [6.07, 6.45) is -4.58. The molecule has 6 nitrogen and oxygen atoms in total. The van der Waals surface area contributed by atoms with Gasteiger partial charge in [0.1, 0.15) is 17.3 Å². The maximum absolute atomic E-state index is 13.3. The first-order valence-corrected chi connectivity index (χ1v) is 11.5. The lowest BCUT2D eigenvalue weighted by Gasteiger charge is -2.26. The van der Waals surface area contributed by atoms with Crippen LogP contribution >= 0.6 is 11.6 Å². The summed E-state index contributed by atoms with van der Waals surface area (Å²) in [5.74, 6) is -1.81. The lowest BCUT2D eigenvalue weighted by atomic mass is 9.95. The molecule has 10 heteroatoms. The molecule has 1 amide bonds. The summed E-state index contributed by atoms with van der Waals surface area (Å²) >= 11 is 6.15. The molecule has 3 aromatic carbocycles. The second-order valence-electron chi connectivity index (χ2n) is 8.07. The van der Waals surface area contributed by atoms with Gasteiger partial charge in [0.15, 0.2) is 0 Å². The topological polar surface area (TPSA) is 76.1 Å². The van der Waals surface area contributed by atoms with E-state index in [2.05, 4.69) is 0 Å². The summed E-state index contributed by atoms with van der Waals surface area (Å²) < 4.78 is 50.1. The van der Waals surface area contributed by atoms with Crippen molar-refractivity contribution in [2.75, 3.05) is 18.6 Å². The highest BCUT2D eigenvalue weighted by Crippen LogP contribution is 2.44. The number of benzene rings is 3. The van der Waals surface area contributed by atoms with Gasteiger partial charge >= 0.3 is 6.18 Å². The number of nitrogens with zero attached hydrogens (tertiary/aromatic N) is 1. The summed E-state index contributed by atoms with van der Waals surface area (Å²) in [4.78, 5) is 27.6. The Morgan fingerprint density at radius 2 is 1.76 bits per heavy atom. The van der Waals surface area contributed by atoms with E-state index in [1.165, 1.54) is 25.3 Å². The first-order chi connectivity index (χ1) is 17.6. The minimum Gasteiger partial charge on any atom is -0.507 e. The predicted molar refractivity (Wildman–Crippen MR) is 132 cm³/mol. The quantitative estimate of drug-likeness (QED) is 0.226. The molecule has 1 unspecified atom stereocenters. The summed E-state index contributed by atoms with van der Waals surface area (Å²) in [6, 6.07) is 13.6. The molecule has 1 aliphatic heterocycles. The van der Waals surface area contributed by atoms with Crippen LogP contribution in [0.4, 0.5) is 18.9 Å². The molecule has 0 saturated carbocycles. The third kappa shape index (κ3) is 4.99. The molecule has 3 aromatic rings. The molecular weight excluding hydrogens is 511 g/mol. The van der Waals surface area contributed by atoms with E-state index < -0.39 is 35.2 Å². The van der Waals surface area contributed by atoms with Crippen molar-refractivity contribution in [1.82, 2.24) is 0 Å². The van der Waals surface area contributed by atoms with Gasteiger partial charge in [-0.2, -0.15) is 13.2 Å². The molecule has 1 heterocycles. The molecule has 37 heavy (non-hydrogen) atoms. The number of hydrogen-bond donors (Lipinski definition) is 1. The molecule has 0 bridgehead atoms. The number of Topliss-reactive ketones (excluding diaryl/α,β-unsaturated/α-hetero) is 1. The van der Waals surface area contributed by atoms with Crippen LogP contribution in [0.15, 0.2) is 72.3 Å². The number of aliphatic hydroxyl groups is 1. The smallest absolute Gasteiger partial charge is 0.416 e. The van der Waals surface area contributed by atoms with Crippen LogP contribution in [-0.4, -0.2) is 30.5 Å². The zero-order chi connectivity index (χ0) is 26.9. The average Bonchev–Trinajstić information content (AvgIpc) is 3.15. The van der Waals surface area contributed by atoms with E-state index in [0.29, 0.717) is 17.9 Å². The number of anilines is 1. The van der Waals surface area contributed by atoms with E-state index in [9.17, 15) is 27.9 Å². The van der Waals surface area contributed by atoms with E-state index in [-0.39, 0.29) is 27.6 Å². The Hall–Kier alpha value is -3.98. The van der Waals surface area contributed by atoms with Gasteiger partial charge in [-0.1, -0.05) is 23.7 Å². The third-order valence-electron chi connectivity index (χ3n) is 5.83. The van der Waals surface area contributed by atoms with Crippen LogP contribution in [0.3, 0.4) is 0 Å². The van der Waals surface area contributed by atoms with Gasteiger partial charge < -0.3 is 14.6 Å². The van der Waals surface area contributed by atoms with E-state index in [1.54, 1.807) is 31.2 Å². The van der Waals surface area contributed by atoms with Gasteiger partial charge in [0.2, 0.25) is 0 Å². The average molecular weight is 532 g/mol. The van der Waals surface area contributed by atoms with Crippen molar-refractivity contribution in [2.45, 2.75) is 19.1 Å². The Kier molecular flexibility index (Phi) is 7.18. The largest absolute Gasteiger partial charge is 0.507 e. The van der Waals surface area contributed by atoms with Crippen molar-refractivity contribution in [1.29, 1.82) is 0 Å². The number of methoxy groups -OCH3 is 1. The minimum absolute atomic E-state index is 0.0491. The summed E-state index contributed by atoms with van der Waals surface area (Å²) in [5.41, 5.74) is -0.531. The van der Waals surface area contributed by atoms with Crippen LogP contribution in [0, 0.1) is 0 Å². The molecule has 1 fully saturated rings. The molecule has 1 saturated heterocycles. The van der Waals surface area contributed by atoms with Crippen molar-refractivity contribution in [3.8, 4) is 11.5 Å². The van der Waals surface area contributed by atoms with Crippen LogP contribution in [-0.2, 0) is 15.8 Å². The van der Waals surface area contributed by atoms with Crippen molar-refractivity contribution in [3.05, 3.63) is 94.0 Å². The van der Waals surface area contributed by atoms with E-state index in [0.717, 1.165) is 29.2 Å². The van der Waals surface area contributed by atoms with Gasteiger partial charge in [0, 0.05) is 11.3 Å². The third-order valence-corrected chi connectivity index (χ3v) is 6.14. The molecule has 0 spiro atoms. The summed E-state index contributed by atoms with van der Waals surface area (Å²) in [5, 5.41) is 11.6. The molecule has 0 aromatic heterocycles. The van der Waals surface area contributed by atoms with Crippen molar-refractivity contribution in [2.24, 2.45) is 0 Å². The van der Waals surface area contributed by atoms with Crippen LogP contribution in [0.5, 0.6) is 11.5 Å². The molecule has 1 N–H and O–H groups in total. The van der Waals surface area contributed by atoms with Crippen LogP contribution in [0.25, 0.3) is 5.76 Å². The zero-order valence-corrected chi connectivity index (χ0v) is 20.4. The number of aliphatic hydroxyl groups excluding tert-OH is 1. The maximum atomic E-state index is 13.3. The first-order valence-electron chi connectivity index (χ1n) is 11.1. The van der Waals surface area contributed by atoms with E-state index >= 15 is 0 Å². The van der Waals surface area contributed by atoms with Crippen LogP contribution in [0.1, 0.15) is 29.7 Å². The maximum Gasteiger partial charge on any atom is 0.416 e. The molecule has 0 aliphatic carbocycles. The van der Waals surface area contributed by atoms with Gasteiger partial charge in [-0.3, -0.25) is 14.5 Å². The second kappa shape index (κ2) is 10.2. The zero-order valence-electron chi connectivity index (χ0n) is 19.7. The Bertz CT molecular complexity index is 1390. The van der Waals surface area contributed by atoms with E-state index in [1.807, 2.05) is 0 Å². The number of carbonyl (C=O) groups is 2. The number of ether oxygens (including phenoxy) is 2. The number of ketones is 1. The Balaban J connectivity index is 1.92. The fraction of sp³-hybridized carbons (Fsp3) is 0.185. The van der Waals surface area contributed by atoms with Gasteiger partial charge in [0.05, 0.1) is 35.9 Å². The highest BCUT2D eigenvalue weighted by atomic mass is 35.5. The number of alkyl halides is 3. The molecule has 4 rings (SSSR count). The molecule has 0 radical (unpaired) electrons. The molecular formula is C27H21ClF3NO5. The van der Waals surface area contributed by atoms with Crippen molar-refractivity contribution in [3.63, 3.8) is 0 Å². The van der Waals surface area contributed by atoms with Crippen LogP contribution in [0.2, 0.25) is 5.02 Å². The molecule has 192 valence electrons. The summed E-state index contributed by atoms with van der Waals surface area (Å²) in [6.45, 7) is 2.05. The lowest BCUT2D eigenvalue weighted by Crippen LogP contribution is -2.29. The number of carbonyl (C=O) groups excluding carboxylic acids is 2. The standard InChI is InChI=1S/C27H21ClF3NO5/c1-3-37-21-14-16(7-12-20(21)28)24(33)22-23(15-5-4-6-19(13-15)36-2)32(26(35)25(22)34)18-10-8-17(9-11-18)27(29,30)31/h4-14,23,33H,3H2,1-2H3/b24-22-. The SMILES string of the molecule is CCOc1cc(/C(O)=C2/C(=O)C(=O)N(c3ccc(C(F)(F)F)cc3)C2c2cccc(OC)c2)ccc1Cl. The van der Waals surface area contributed by atoms with Crippen molar-refractivity contribution < 1.29 is 37.3 Å².